The van der Waals surface area contributed by atoms with Gasteiger partial charge in [-0.15, -0.1) is 11.8 Å². The number of rotatable bonds is 1. The number of carbonyl (C=O) groups excluding carboxylic acids is 1. The lowest BCUT2D eigenvalue weighted by Gasteiger charge is -2.35. The molecule has 0 bridgehead atoms. The molecule has 98 valence electrons. The molecule has 2 fully saturated rings. The van der Waals surface area contributed by atoms with Gasteiger partial charge in [0.15, 0.2) is 0 Å². The highest BCUT2D eigenvalue weighted by molar-refractivity contribution is 7.99. The number of alkyl halides is 3. The van der Waals surface area contributed by atoms with Crippen molar-refractivity contribution in [2.75, 3.05) is 24.7 Å². The largest absolute Gasteiger partial charge is 0.393 e. The number of thioether (sulfide) groups is 1. The van der Waals surface area contributed by atoms with Crippen molar-refractivity contribution in [2.24, 2.45) is 5.92 Å². The smallest absolute Gasteiger partial charge is 0.341 e. The molecule has 0 saturated carbocycles. The number of amides is 1. The lowest BCUT2D eigenvalue weighted by molar-refractivity contribution is -0.188. The lowest BCUT2D eigenvalue weighted by Crippen LogP contribution is -2.50. The first kappa shape index (κ1) is 13.0. The zero-order valence-electron chi connectivity index (χ0n) is 9.29. The predicted octanol–water partition coefficient (Wildman–Crippen LogP) is 1.45. The fourth-order valence-corrected chi connectivity index (χ4v) is 3.15. The number of nitrogens with one attached hydrogen (secondary N) is 1. The van der Waals surface area contributed by atoms with Crippen LogP contribution in [0.4, 0.5) is 13.2 Å². The minimum Gasteiger partial charge on any atom is -0.341 e. The second-order valence-corrected chi connectivity index (χ2v) is 5.47. The van der Waals surface area contributed by atoms with E-state index < -0.39 is 12.1 Å². The molecule has 2 aliphatic rings. The summed E-state index contributed by atoms with van der Waals surface area (Å²) in [5, 5.41) is 3.00. The van der Waals surface area contributed by atoms with Gasteiger partial charge in [-0.25, -0.2) is 0 Å². The van der Waals surface area contributed by atoms with E-state index in [0.717, 1.165) is 0 Å². The third kappa shape index (κ3) is 3.07. The molecule has 2 unspecified atom stereocenters. The molecule has 2 saturated heterocycles. The molecule has 0 aliphatic carbocycles. The number of halogens is 3. The second kappa shape index (κ2) is 5.06. The van der Waals surface area contributed by atoms with Gasteiger partial charge in [0.25, 0.3) is 0 Å². The zero-order valence-corrected chi connectivity index (χ0v) is 10.1. The maximum atomic E-state index is 12.6. The summed E-state index contributed by atoms with van der Waals surface area (Å²) in [6.07, 6.45) is -3.60. The molecular formula is C10H15F3N2OS. The predicted molar refractivity (Wildman–Crippen MR) is 59.6 cm³/mol. The van der Waals surface area contributed by atoms with Crippen LogP contribution in [-0.4, -0.2) is 47.7 Å². The van der Waals surface area contributed by atoms with Crippen molar-refractivity contribution in [2.45, 2.75) is 25.1 Å². The summed E-state index contributed by atoms with van der Waals surface area (Å²) in [5.41, 5.74) is 0. The average molecular weight is 268 g/mol. The van der Waals surface area contributed by atoms with E-state index in [1.54, 1.807) is 11.8 Å². The van der Waals surface area contributed by atoms with Gasteiger partial charge in [0.1, 0.15) is 0 Å². The molecule has 7 heteroatoms. The Labute approximate surface area is 102 Å². The Hall–Kier alpha value is -0.430. The number of nitrogens with zero attached hydrogens (tertiary/aromatic N) is 1. The minimum absolute atomic E-state index is 0.139. The summed E-state index contributed by atoms with van der Waals surface area (Å²) in [6.45, 7) is 0.277. The standard InChI is InChI=1S/C10H15F3N2OS/c11-10(12,13)7-2-1-3-15(4-7)9(16)8-5-17-6-14-8/h7-8,14H,1-6H2. The van der Waals surface area contributed by atoms with Crippen LogP contribution in [-0.2, 0) is 4.79 Å². The third-order valence-corrected chi connectivity index (χ3v) is 4.15. The Morgan fingerprint density at radius 3 is 2.76 bits per heavy atom. The van der Waals surface area contributed by atoms with E-state index in [1.807, 2.05) is 0 Å². The molecule has 2 atom stereocenters. The highest BCUT2D eigenvalue weighted by Crippen LogP contribution is 2.33. The van der Waals surface area contributed by atoms with Crippen molar-refractivity contribution in [3.8, 4) is 0 Å². The van der Waals surface area contributed by atoms with Crippen LogP contribution in [0.3, 0.4) is 0 Å². The third-order valence-electron chi connectivity index (χ3n) is 3.21. The topological polar surface area (TPSA) is 32.3 Å². The molecule has 17 heavy (non-hydrogen) atoms. The highest BCUT2D eigenvalue weighted by atomic mass is 32.2. The first-order valence-corrected chi connectivity index (χ1v) is 6.80. The van der Waals surface area contributed by atoms with Crippen LogP contribution < -0.4 is 5.32 Å². The maximum Gasteiger partial charge on any atom is 0.393 e. The van der Waals surface area contributed by atoms with Crippen LogP contribution in [0.25, 0.3) is 0 Å². The van der Waals surface area contributed by atoms with E-state index in [4.69, 9.17) is 0 Å². The molecule has 3 nitrogen and oxygen atoms in total. The van der Waals surface area contributed by atoms with Gasteiger partial charge in [-0.3, -0.25) is 10.1 Å². The highest BCUT2D eigenvalue weighted by Gasteiger charge is 2.43. The second-order valence-electron chi connectivity index (χ2n) is 4.44. The minimum atomic E-state index is -4.18. The summed E-state index contributed by atoms with van der Waals surface area (Å²) < 4.78 is 37.8. The van der Waals surface area contributed by atoms with Crippen LogP contribution in [0, 0.1) is 5.92 Å². The van der Waals surface area contributed by atoms with Crippen LogP contribution >= 0.6 is 11.8 Å². The van der Waals surface area contributed by atoms with Crippen molar-refractivity contribution in [3.63, 3.8) is 0 Å². The zero-order chi connectivity index (χ0) is 12.5. The number of likely N-dealkylation sites (tertiary alicyclic amines) is 1. The fourth-order valence-electron chi connectivity index (χ4n) is 2.22. The Bertz CT molecular complexity index is 292. The van der Waals surface area contributed by atoms with E-state index in [9.17, 15) is 18.0 Å². The van der Waals surface area contributed by atoms with Gasteiger partial charge < -0.3 is 4.90 Å². The van der Waals surface area contributed by atoms with Gasteiger partial charge >= 0.3 is 6.18 Å². The molecule has 2 heterocycles. The molecule has 1 amide bonds. The summed E-state index contributed by atoms with van der Waals surface area (Å²) in [6, 6.07) is -0.299. The molecule has 2 rings (SSSR count). The van der Waals surface area contributed by atoms with E-state index in [1.165, 1.54) is 4.90 Å². The summed E-state index contributed by atoms with van der Waals surface area (Å²) in [4.78, 5) is 13.3. The molecule has 2 aliphatic heterocycles. The number of carbonyl (C=O) groups is 1. The Kier molecular flexibility index (Phi) is 3.87. The number of piperidine rings is 1. The van der Waals surface area contributed by atoms with Crippen molar-refractivity contribution in [3.05, 3.63) is 0 Å². The normalized spacial score (nSPS) is 30.6. The maximum absolute atomic E-state index is 12.6. The van der Waals surface area contributed by atoms with E-state index in [2.05, 4.69) is 5.32 Å². The average Bonchev–Trinajstić information content (AvgIpc) is 2.80. The number of hydrogen-bond acceptors (Lipinski definition) is 3. The number of hydrogen-bond donors (Lipinski definition) is 1. The molecule has 0 radical (unpaired) electrons. The molecule has 0 aromatic carbocycles. The molecular weight excluding hydrogens is 253 g/mol. The van der Waals surface area contributed by atoms with Crippen molar-refractivity contribution < 1.29 is 18.0 Å². The molecule has 0 aromatic heterocycles. The van der Waals surface area contributed by atoms with Crippen LogP contribution in [0.2, 0.25) is 0 Å². The Morgan fingerprint density at radius 2 is 2.18 bits per heavy atom. The first-order chi connectivity index (χ1) is 7.98. The van der Waals surface area contributed by atoms with E-state index in [-0.39, 0.29) is 24.9 Å². The summed E-state index contributed by atoms with van der Waals surface area (Å²) in [5.74, 6) is -0.169. The van der Waals surface area contributed by atoms with Gasteiger partial charge in [-0.2, -0.15) is 13.2 Å². The quantitative estimate of drug-likeness (QED) is 0.781. The van der Waals surface area contributed by atoms with Crippen molar-refractivity contribution in [1.82, 2.24) is 10.2 Å². The Morgan fingerprint density at radius 1 is 1.41 bits per heavy atom. The van der Waals surface area contributed by atoms with Crippen LogP contribution in [0.5, 0.6) is 0 Å². The molecule has 0 aromatic rings. The monoisotopic (exact) mass is 268 g/mol. The van der Waals surface area contributed by atoms with Gasteiger partial charge in [0.05, 0.1) is 12.0 Å². The summed E-state index contributed by atoms with van der Waals surface area (Å²) in [7, 11) is 0. The van der Waals surface area contributed by atoms with Crippen LogP contribution in [0.1, 0.15) is 12.8 Å². The van der Waals surface area contributed by atoms with Gasteiger partial charge in [-0.1, -0.05) is 0 Å². The van der Waals surface area contributed by atoms with E-state index >= 15 is 0 Å². The Balaban J connectivity index is 1.94. The summed E-state index contributed by atoms with van der Waals surface area (Å²) >= 11 is 1.60. The van der Waals surface area contributed by atoms with E-state index in [0.29, 0.717) is 24.6 Å². The lowest BCUT2D eigenvalue weighted by atomic mass is 9.97. The first-order valence-electron chi connectivity index (χ1n) is 5.65. The van der Waals surface area contributed by atoms with Gasteiger partial charge in [0, 0.05) is 24.7 Å². The van der Waals surface area contributed by atoms with Crippen molar-refractivity contribution >= 4 is 17.7 Å². The molecule has 0 spiro atoms. The van der Waals surface area contributed by atoms with Gasteiger partial charge in [-0.05, 0) is 12.8 Å². The molecule has 1 N–H and O–H groups in total. The van der Waals surface area contributed by atoms with Crippen molar-refractivity contribution in [1.29, 1.82) is 0 Å². The van der Waals surface area contributed by atoms with Gasteiger partial charge in [0.2, 0.25) is 5.91 Å². The fraction of sp³-hybridized carbons (Fsp3) is 0.900. The SMILES string of the molecule is O=C(C1CSCN1)N1CCCC(C(F)(F)F)C1. The van der Waals surface area contributed by atoms with Crippen LogP contribution in [0.15, 0.2) is 0 Å².